The average molecular weight is 196 g/mol. The Morgan fingerprint density at radius 3 is 2.92 bits per heavy atom. The Labute approximate surface area is 83.8 Å². The lowest BCUT2D eigenvalue weighted by Crippen LogP contribution is -2.07. The normalized spacial score (nSPS) is 12.8. The number of carbonyl (C=O) groups excluding carboxylic acids is 1. The van der Waals surface area contributed by atoms with Gasteiger partial charge in [-0.05, 0) is 28.3 Å². The van der Waals surface area contributed by atoms with Crippen LogP contribution in [-0.2, 0) is 11.2 Å². The van der Waals surface area contributed by atoms with Crippen molar-refractivity contribution in [2.75, 3.05) is 0 Å². The summed E-state index contributed by atoms with van der Waals surface area (Å²) in [5.74, 6) is 0.902. The fourth-order valence-electron chi connectivity index (χ4n) is 1.23. The standard InChI is InChI=1S/C11H16OS/c1-3-9(2)6-11(12)7-10-4-5-13-8-10/h4-5,8-9H,3,6-7H2,1-2H3. The zero-order valence-electron chi connectivity index (χ0n) is 8.25. The molecule has 0 amide bonds. The Balaban J connectivity index is 2.34. The van der Waals surface area contributed by atoms with E-state index in [-0.39, 0.29) is 0 Å². The van der Waals surface area contributed by atoms with Gasteiger partial charge in [0.1, 0.15) is 5.78 Å². The van der Waals surface area contributed by atoms with Gasteiger partial charge in [0.05, 0.1) is 0 Å². The number of rotatable bonds is 5. The molecule has 0 aliphatic carbocycles. The van der Waals surface area contributed by atoms with Gasteiger partial charge in [0.2, 0.25) is 0 Å². The predicted octanol–water partition coefficient (Wildman–Crippen LogP) is 3.30. The molecule has 72 valence electrons. The summed E-state index contributed by atoms with van der Waals surface area (Å²) in [6.07, 6.45) is 2.44. The maximum atomic E-state index is 11.5. The molecule has 13 heavy (non-hydrogen) atoms. The molecule has 0 bridgehead atoms. The highest BCUT2D eigenvalue weighted by atomic mass is 32.1. The highest BCUT2D eigenvalue weighted by Crippen LogP contribution is 2.12. The second-order valence-corrected chi connectivity index (χ2v) is 4.34. The van der Waals surface area contributed by atoms with Gasteiger partial charge < -0.3 is 0 Å². The van der Waals surface area contributed by atoms with Crippen LogP contribution in [0.3, 0.4) is 0 Å². The third-order valence-corrected chi connectivity index (χ3v) is 2.99. The minimum atomic E-state index is 0.368. The molecule has 2 heteroatoms. The van der Waals surface area contributed by atoms with E-state index in [0.29, 0.717) is 18.1 Å². The second-order valence-electron chi connectivity index (χ2n) is 3.56. The first-order valence-electron chi connectivity index (χ1n) is 4.75. The van der Waals surface area contributed by atoms with Crippen molar-refractivity contribution in [1.82, 2.24) is 0 Å². The Bertz CT molecular complexity index is 251. The van der Waals surface area contributed by atoms with Crippen molar-refractivity contribution in [2.24, 2.45) is 5.92 Å². The molecule has 1 unspecified atom stereocenters. The van der Waals surface area contributed by atoms with Crippen LogP contribution >= 0.6 is 11.3 Å². The van der Waals surface area contributed by atoms with Crippen molar-refractivity contribution in [3.05, 3.63) is 22.4 Å². The quantitative estimate of drug-likeness (QED) is 0.706. The first-order chi connectivity index (χ1) is 6.22. The summed E-state index contributed by atoms with van der Waals surface area (Å²) in [5, 5.41) is 4.07. The van der Waals surface area contributed by atoms with E-state index in [1.54, 1.807) is 11.3 Å². The molecule has 1 nitrogen and oxygen atoms in total. The molecule has 1 atom stereocenters. The van der Waals surface area contributed by atoms with Crippen molar-refractivity contribution in [3.63, 3.8) is 0 Å². The van der Waals surface area contributed by atoms with E-state index in [1.165, 1.54) is 5.56 Å². The van der Waals surface area contributed by atoms with E-state index in [4.69, 9.17) is 0 Å². The summed E-state index contributed by atoms with van der Waals surface area (Å²) in [6, 6.07) is 2.03. The van der Waals surface area contributed by atoms with Gasteiger partial charge >= 0.3 is 0 Å². The summed E-state index contributed by atoms with van der Waals surface area (Å²) in [6.45, 7) is 4.26. The molecule has 0 radical (unpaired) electrons. The smallest absolute Gasteiger partial charge is 0.137 e. The van der Waals surface area contributed by atoms with Crippen LogP contribution in [0.5, 0.6) is 0 Å². The van der Waals surface area contributed by atoms with Gasteiger partial charge in [-0.1, -0.05) is 20.3 Å². The van der Waals surface area contributed by atoms with E-state index in [9.17, 15) is 4.79 Å². The molecular weight excluding hydrogens is 180 g/mol. The van der Waals surface area contributed by atoms with Crippen LogP contribution in [0.25, 0.3) is 0 Å². The maximum Gasteiger partial charge on any atom is 0.137 e. The molecule has 0 aliphatic rings. The number of thiophene rings is 1. The van der Waals surface area contributed by atoms with Crippen molar-refractivity contribution < 1.29 is 4.79 Å². The zero-order chi connectivity index (χ0) is 9.68. The van der Waals surface area contributed by atoms with Crippen LogP contribution in [-0.4, -0.2) is 5.78 Å². The number of ketones is 1. The van der Waals surface area contributed by atoms with Gasteiger partial charge in [-0.25, -0.2) is 0 Å². The molecule has 1 aromatic rings. The van der Waals surface area contributed by atoms with Crippen molar-refractivity contribution in [2.45, 2.75) is 33.1 Å². The molecule has 0 aliphatic heterocycles. The Morgan fingerprint density at radius 2 is 2.38 bits per heavy atom. The van der Waals surface area contributed by atoms with Gasteiger partial charge in [-0.3, -0.25) is 4.79 Å². The summed E-state index contributed by atoms with van der Waals surface area (Å²) in [7, 11) is 0. The largest absolute Gasteiger partial charge is 0.299 e. The van der Waals surface area contributed by atoms with Gasteiger partial charge in [0.25, 0.3) is 0 Å². The molecule has 0 saturated heterocycles. The summed E-state index contributed by atoms with van der Waals surface area (Å²) in [4.78, 5) is 11.5. The van der Waals surface area contributed by atoms with Crippen molar-refractivity contribution >= 4 is 17.1 Å². The van der Waals surface area contributed by atoms with Crippen LogP contribution in [0, 0.1) is 5.92 Å². The monoisotopic (exact) mass is 196 g/mol. The Kier molecular flexibility index (Phi) is 4.16. The van der Waals surface area contributed by atoms with E-state index in [1.807, 2.05) is 11.4 Å². The highest BCUT2D eigenvalue weighted by molar-refractivity contribution is 7.07. The molecule has 0 aromatic carbocycles. The van der Waals surface area contributed by atoms with Crippen LogP contribution in [0.4, 0.5) is 0 Å². The van der Waals surface area contributed by atoms with Crippen LogP contribution in [0.1, 0.15) is 32.3 Å². The molecular formula is C11H16OS. The number of carbonyl (C=O) groups is 1. The summed E-state index contributed by atoms with van der Waals surface area (Å²) < 4.78 is 0. The summed E-state index contributed by atoms with van der Waals surface area (Å²) in [5.41, 5.74) is 1.17. The van der Waals surface area contributed by atoms with Crippen LogP contribution in [0.15, 0.2) is 16.8 Å². The van der Waals surface area contributed by atoms with Crippen LogP contribution < -0.4 is 0 Å². The van der Waals surface area contributed by atoms with Gasteiger partial charge in [0, 0.05) is 12.8 Å². The van der Waals surface area contributed by atoms with Crippen LogP contribution in [0.2, 0.25) is 0 Å². The third kappa shape index (κ3) is 3.73. The number of hydrogen-bond acceptors (Lipinski definition) is 2. The molecule has 1 heterocycles. The topological polar surface area (TPSA) is 17.1 Å². The first kappa shape index (κ1) is 10.5. The molecule has 0 saturated carbocycles. The zero-order valence-corrected chi connectivity index (χ0v) is 9.06. The van der Waals surface area contributed by atoms with Gasteiger partial charge in [0.15, 0.2) is 0 Å². The molecule has 0 fully saturated rings. The molecule has 1 rings (SSSR count). The third-order valence-electron chi connectivity index (χ3n) is 2.25. The van der Waals surface area contributed by atoms with Crippen molar-refractivity contribution in [3.8, 4) is 0 Å². The van der Waals surface area contributed by atoms with Crippen molar-refractivity contribution in [1.29, 1.82) is 0 Å². The van der Waals surface area contributed by atoms with E-state index < -0.39 is 0 Å². The number of Topliss-reactive ketones (excluding diaryl/α,β-unsaturated/α-hetero) is 1. The fourth-order valence-corrected chi connectivity index (χ4v) is 1.89. The average Bonchev–Trinajstić information content (AvgIpc) is 2.56. The predicted molar refractivity (Wildman–Crippen MR) is 57.1 cm³/mol. The SMILES string of the molecule is CCC(C)CC(=O)Cc1ccsc1. The lowest BCUT2D eigenvalue weighted by Gasteiger charge is -2.05. The molecule has 0 spiro atoms. The maximum absolute atomic E-state index is 11.5. The molecule has 0 N–H and O–H groups in total. The minimum Gasteiger partial charge on any atom is -0.299 e. The van der Waals surface area contributed by atoms with E-state index >= 15 is 0 Å². The minimum absolute atomic E-state index is 0.368. The molecule has 1 aromatic heterocycles. The summed E-state index contributed by atoms with van der Waals surface area (Å²) >= 11 is 1.65. The Hall–Kier alpha value is -0.630. The first-order valence-corrected chi connectivity index (χ1v) is 5.69. The fraction of sp³-hybridized carbons (Fsp3) is 0.545. The second kappa shape index (κ2) is 5.18. The number of hydrogen-bond donors (Lipinski definition) is 0. The van der Waals surface area contributed by atoms with E-state index in [0.717, 1.165) is 12.8 Å². The lowest BCUT2D eigenvalue weighted by molar-refractivity contribution is -0.119. The van der Waals surface area contributed by atoms with E-state index in [2.05, 4.69) is 19.2 Å². The highest BCUT2D eigenvalue weighted by Gasteiger charge is 2.08. The lowest BCUT2D eigenvalue weighted by atomic mass is 9.99. The van der Waals surface area contributed by atoms with Gasteiger partial charge in [-0.15, -0.1) is 0 Å². The Morgan fingerprint density at radius 1 is 1.62 bits per heavy atom. The van der Waals surface area contributed by atoms with Gasteiger partial charge in [-0.2, -0.15) is 11.3 Å².